The quantitative estimate of drug-likeness (QED) is 0.838. The molecule has 2 aromatic heterocycles. The van der Waals surface area contributed by atoms with Crippen molar-refractivity contribution in [1.82, 2.24) is 9.55 Å². The van der Waals surface area contributed by atoms with Gasteiger partial charge in [0.25, 0.3) is 5.56 Å². The molecule has 0 aromatic carbocycles. The lowest BCUT2D eigenvalue weighted by Crippen LogP contribution is -2.23. The fourth-order valence-electron chi connectivity index (χ4n) is 1.75. The van der Waals surface area contributed by atoms with Crippen LogP contribution in [0.2, 0.25) is 0 Å². The van der Waals surface area contributed by atoms with E-state index in [-0.39, 0.29) is 28.8 Å². The van der Waals surface area contributed by atoms with E-state index >= 15 is 0 Å². The average molecular weight is 281 g/mol. The van der Waals surface area contributed by atoms with Crippen LogP contribution in [0.5, 0.6) is 0 Å². The summed E-state index contributed by atoms with van der Waals surface area (Å²) >= 11 is 0.964. The summed E-state index contributed by atoms with van der Waals surface area (Å²) in [4.78, 5) is 38.5. The highest BCUT2D eigenvalue weighted by Crippen LogP contribution is 2.26. The minimum atomic E-state index is -1.08. The molecule has 0 atom stereocenters. The van der Waals surface area contributed by atoms with E-state index in [0.29, 0.717) is 10.4 Å². The van der Waals surface area contributed by atoms with Crippen LogP contribution in [0.25, 0.3) is 10.2 Å². The SMILES string of the molecule is Cc1c(C(=O)O)sc2ncn(CCC(N)=O)c(=O)c12. The fraction of sp³-hybridized carbons (Fsp3) is 0.273. The summed E-state index contributed by atoms with van der Waals surface area (Å²) < 4.78 is 1.26. The Kier molecular flexibility index (Phi) is 3.34. The number of aromatic nitrogens is 2. The van der Waals surface area contributed by atoms with Crippen molar-refractivity contribution in [2.45, 2.75) is 19.9 Å². The van der Waals surface area contributed by atoms with Crippen molar-refractivity contribution in [3.63, 3.8) is 0 Å². The molecule has 19 heavy (non-hydrogen) atoms. The predicted octanol–water partition coefficient (Wildman–Crippen LogP) is 0.340. The van der Waals surface area contributed by atoms with Crippen LogP contribution in [0.1, 0.15) is 21.7 Å². The van der Waals surface area contributed by atoms with Gasteiger partial charge in [-0.1, -0.05) is 0 Å². The molecule has 0 saturated heterocycles. The van der Waals surface area contributed by atoms with Crippen molar-refractivity contribution < 1.29 is 14.7 Å². The number of fused-ring (bicyclic) bond motifs is 1. The number of carboxylic acid groups (broad SMARTS) is 1. The van der Waals surface area contributed by atoms with E-state index < -0.39 is 11.9 Å². The predicted molar refractivity (Wildman–Crippen MR) is 69.4 cm³/mol. The number of carboxylic acids is 1. The lowest BCUT2D eigenvalue weighted by Gasteiger charge is -2.03. The molecule has 2 heterocycles. The Balaban J connectivity index is 2.58. The number of amides is 1. The van der Waals surface area contributed by atoms with Crippen LogP contribution >= 0.6 is 11.3 Å². The zero-order chi connectivity index (χ0) is 14.2. The largest absolute Gasteiger partial charge is 0.477 e. The van der Waals surface area contributed by atoms with Crippen molar-refractivity contribution in [3.8, 4) is 0 Å². The van der Waals surface area contributed by atoms with Crippen molar-refractivity contribution in [3.05, 3.63) is 27.1 Å². The van der Waals surface area contributed by atoms with Gasteiger partial charge in [0.1, 0.15) is 9.71 Å². The van der Waals surface area contributed by atoms with E-state index in [0.717, 1.165) is 11.3 Å². The van der Waals surface area contributed by atoms with Gasteiger partial charge in [-0.3, -0.25) is 14.2 Å². The normalized spacial score (nSPS) is 10.8. The lowest BCUT2D eigenvalue weighted by atomic mass is 10.2. The highest BCUT2D eigenvalue weighted by molar-refractivity contribution is 7.20. The summed E-state index contributed by atoms with van der Waals surface area (Å²) in [7, 11) is 0. The van der Waals surface area contributed by atoms with E-state index in [9.17, 15) is 14.4 Å². The molecule has 0 bridgehead atoms. The van der Waals surface area contributed by atoms with Crippen molar-refractivity contribution in [1.29, 1.82) is 0 Å². The first kappa shape index (κ1) is 13.2. The Labute approximate surface area is 111 Å². The summed E-state index contributed by atoms with van der Waals surface area (Å²) in [5, 5.41) is 9.30. The number of aryl methyl sites for hydroxylation is 2. The molecular weight excluding hydrogens is 270 g/mol. The molecule has 0 aliphatic carbocycles. The molecule has 2 aromatic rings. The maximum absolute atomic E-state index is 12.2. The van der Waals surface area contributed by atoms with Crippen LogP contribution < -0.4 is 11.3 Å². The lowest BCUT2D eigenvalue weighted by molar-refractivity contribution is -0.118. The Bertz CT molecular complexity index is 731. The van der Waals surface area contributed by atoms with E-state index in [4.69, 9.17) is 10.8 Å². The zero-order valence-corrected chi connectivity index (χ0v) is 10.9. The van der Waals surface area contributed by atoms with E-state index in [1.54, 1.807) is 6.92 Å². The summed E-state index contributed by atoms with van der Waals surface area (Å²) in [6, 6.07) is 0. The number of aromatic carboxylic acids is 1. The van der Waals surface area contributed by atoms with Gasteiger partial charge in [-0.2, -0.15) is 0 Å². The molecule has 2 rings (SSSR count). The number of carbonyl (C=O) groups is 2. The third-order valence-electron chi connectivity index (χ3n) is 2.71. The Hall–Kier alpha value is -2.22. The van der Waals surface area contributed by atoms with Crippen LogP contribution in [-0.4, -0.2) is 26.5 Å². The average Bonchev–Trinajstić information content (AvgIpc) is 2.66. The molecule has 0 radical (unpaired) electrons. The minimum absolute atomic E-state index is 0.0298. The maximum Gasteiger partial charge on any atom is 0.346 e. The first-order chi connectivity index (χ1) is 8.91. The summed E-state index contributed by atoms with van der Waals surface area (Å²) in [6.45, 7) is 1.71. The smallest absolute Gasteiger partial charge is 0.346 e. The molecule has 0 spiro atoms. The molecule has 0 aliphatic heterocycles. The van der Waals surface area contributed by atoms with Gasteiger partial charge in [0.15, 0.2) is 0 Å². The molecule has 0 aliphatic rings. The number of rotatable bonds is 4. The molecule has 7 nitrogen and oxygen atoms in total. The molecule has 100 valence electrons. The van der Waals surface area contributed by atoms with E-state index in [2.05, 4.69) is 4.98 Å². The van der Waals surface area contributed by atoms with Crippen LogP contribution in [0.3, 0.4) is 0 Å². The third kappa shape index (κ3) is 2.34. The van der Waals surface area contributed by atoms with Gasteiger partial charge in [0, 0.05) is 13.0 Å². The highest BCUT2D eigenvalue weighted by Gasteiger charge is 2.18. The third-order valence-corrected chi connectivity index (χ3v) is 3.90. The second-order valence-electron chi connectivity index (χ2n) is 4.00. The number of primary amides is 1. The van der Waals surface area contributed by atoms with E-state index in [1.165, 1.54) is 10.9 Å². The summed E-state index contributed by atoms with van der Waals surface area (Å²) in [5.41, 5.74) is 5.07. The van der Waals surface area contributed by atoms with Gasteiger partial charge < -0.3 is 10.8 Å². The summed E-state index contributed by atoms with van der Waals surface area (Å²) in [5.74, 6) is -1.59. The maximum atomic E-state index is 12.2. The zero-order valence-electron chi connectivity index (χ0n) is 10.0. The molecule has 0 fully saturated rings. The fourth-order valence-corrected chi connectivity index (χ4v) is 2.73. The minimum Gasteiger partial charge on any atom is -0.477 e. The number of carbonyl (C=O) groups excluding carboxylic acids is 1. The van der Waals surface area contributed by atoms with Crippen LogP contribution in [0, 0.1) is 6.92 Å². The standard InChI is InChI=1S/C11H11N3O4S/c1-5-7-9(19-8(5)11(17)18)13-4-14(10(7)16)3-2-6(12)15/h4H,2-3H2,1H3,(H2,12,15)(H,17,18). The Morgan fingerprint density at radius 2 is 2.21 bits per heavy atom. The number of hydrogen-bond donors (Lipinski definition) is 2. The van der Waals surface area contributed by atoms with Gasteiger partial charge in [-0.05, 0) is 12.5 Å². The van der Waals surface area contributed by atoms with Gasteiger partial charge in [0.05, 0.1) is 11.7 Å². The molecule has 0 unspecified atom stereocenters. The van der Waals surface area contributed by atoms with Crippen LogP contribution in [0.15, 0.2) is 11.1 Å². The molecule has 8 heteroatoms. The first-order valence-corrected chi connectivity index (χ1v) is 6.23. The number of hydrogen-bond acceptors (Lipinski definition) is 5. The molecule has 3 N–H and O–H groups in total. The van der Waals surface area contributed by atoms with E-state index in [1.807, 2.05) is 0 Å². The summed E-state index contributed by atoms with van der Waals surface area (Å²) in [6.07, 6.45) is 1.33. The van der Waals surface area contributed by atoms with Crippen molar-refractivity contribution in [2.75, 3.05) is 0 Å². The van der Waals surface area contributed by atoms with Gasteiger partial charge in [0.2, 0.25) is 5.91 Å². The first-order valence-electron chi connectivity index (χ1n) is 5.42. The molecule has 0 saturated carbocycles. The van der Waals surface area contributed by atoms with Crippen molar-refractivity contribution >= 4 is 33.4 Å². The van der Waals surface area contributed by atoms with Crippen molar-refractivity contribution in [2.24, 2.45) is 5.73 Å². The monoisotopic (exact) mass is 281 g/mol. The Morgan fingerprint density at radius 3 is 2.79 bits per heavy atom. The second-order valence-corrected chi connectivity index (χ2v) is 5.00. The van der Waals surface area contributed by atoms with Crippen LogP contribution in [0.4, 0.5) is 0 Å². The van der Waals surface area contributed by atoms with Crippen LogP contribution in [-0.2, 0) is 11.3 Å². The molecule has 1 amide bonds. The Morgan fingerprint density at radius 1 is 1.53 bits per heavy atom. The number of nitrogens with zero attached hydrogens (tertiary/aromatic N) is 2. The van der Waals surface area contributed by atoms with Gasteiger partial charge in [-0.15, -0.1) is 11.3 Å². The highest BCUT2D eigenvalue weighted by atomic mass is 32.1. The second kappa shape index (κ2) is 4.81. The number of thiophene rings is 1. The molecular formula is C11H11N3O4S. The van der Waals surface area contributed by atoms with Gasteiger partial charge >= 0.3 is 5.97 Å². The number of nitrogens with two attached hydrogens (primary N) is 1. The van der Waals surface area contributed by atoms with Gasteiger partial charge in [-0.25, -0.2) is 9.78 Å². The topological polar surface area (TPSA) is 115 Å².